The van der Waals surface area contributed by atoms with E-state index in [1.165, 1.54) is 13.8 Å². The highest BCUT2D eigenvalue weighted by atomic mass is 16.6. The van der Waals surface area contributed by atoms with E-state index in [9.17, 15) is 4.79 Å². The normalized spacial score (nSPS) is 14.3. The summed E-state index contributed by atoms with van der Waals surface area (Å²) in [4.78, 5) is 11.0. The fourth-order valence-corrected chi connectivity index (χ4v) is 0.410. The van der Waals surface area contributed by atoms with E-state index >= 15 is 0 Å². The number of ether oxygens (including phenoxy) is 1. The molecule has 0 aromatic carbocycles. The van der Waals surface area contributed by atoms with Crippen molar-refractivity contribution in [2.45, 2.75) is 45.8 Å². The maximum atomic E-state index is 11.0. The lowest BCUT2D eigenvalue weighted by molar-refractivity contribution is -0.166. The van der Waals surface area contributed by atoms with Crippen LogP contribution in [0.4, 0.5) is 0 Å². The molecule has 0 amide bonds. The summed E-state index contributed by atoms with van der Waals surface area (Å²) in [6, 6.07) is 0. The number of aliphatic hydroxyl groups is 1. The molecule has 0 fully saturated rings. The van der Waals surface area contributed by atoms with Crippen molar-refractivity contribution in [3.63, 3.8) is 0 Å². The van der Waals surface area contributed by atoms with Crippen LogP contribution in [-0.2, 0) is 9.53 Å². The van der Waals surface area contributed by atoms with Gasteiger partial charge in [0.2, 0.25) is 0 Å². The average molecular weight is 160 g/mol. The maximum Gasteiger partial charge on any atom is 0.337 e. The standard InChI is InChI=1S/C8H16O3/c1-5-6(2)11-7(9)8(3,4)10/h6,10H,5H2,1-4H3. The molecule has 0 bridgehead atoms. The van der Waals surface area contributed by atoms with E-state index < -0.39 is 11.6 Å². The van der Waals surface area contributed by atoms with E-state index in [0.717, 1.165) is 6.42 Å². The van der Waals surface area contributed by atoms with Gasteiger partial charge in [0, 0.05) is 0 Å². The van der Waals surface area contributed by atoms with Crippen LogP contribution in [0.2, 0.25) is 0 Å². The first-order valence-electron chi connectivity index (χ1n) is 3.81. The summed E-state index contributed by atoms with van der Waals surface area (Å²) < 4.78 is 4.88. The Hall–Kier alpha value is -0.570. The highest BCUT2D eigenvalue weighted by Crippen LogP contribution is 2.07. The number of esters is 1. The molecule has 1 unspecified atom stereocenters. The summed E-state index contributed by atoms with van der Waals surface area (Å²) in [6.07, 6.45) is 0.649. The van der Waals surface area contributed by atoms with Crippen molar-refractivity contribution in [3.05, 3.63) is 0 Å². The van der Waals surface area contributed by atoms with Crippen LogP contribution >= 0.6 is 0 Å². The van der Waals surface area contributed by atoms with Gasteiger partial charge in [-0.15, -0.1) is 0 Å². The van der Waals surface area contributed by atoms with Gasteiger partial charge in [0.25, 0.3) is 0 Å². The maximum absolute atomic E-state index is 11.0. The zero-order valence-electron chi connectivity index (χ0n) is 7.55. The van der Waals surface area contributed by atoms with E-state index in [0.29, 0.717) is 0 Å². The van der Waals surface area contributed by atoms with Crippen molar-refractivity contribution in [1.29, 1.82) is 0 Å². The third-order valence-corrected chi connectivity index (χ3v) is 1.38. The van der Waals surface area contributed by atoms with Gasteiger partial charge < -0.3 is 9.84 Å². The minimum atomic E-state index is -1.37. The summed E-state index contributed by atoms with van der Waals surface area (Å²) >= 11 is 0. The first kappa shape index (κ1) is 10.4. The summed E-state index contributed by atoms with van der Waals surface area (Å²) in [7, 11) is 0. The van der Waals surface area contributed by atoms with Crippen LogP contribution in [0.15, 0.2) is 0 Å². The molecule has 0 radical (unpaired) electrons. The van der Waals surface area contributed by atoms with Crippen molar-refractivity contribution in [2.24, 2.45) is 0 Å². The van der Waals surface area contributed by atoms with Crippen LogP contribution in [-0.4, -0.2) is 22.8 Å². The van der Waals surface area contributed by atoms with Crippen LogP contribution < -0.4 is 0 Å². The smallest absolute Gasteiger partial charge is 0.337 e. The molecule has 0 saturated carbocycles. The molecule has 0 aliphatic carbocycles. The third-order valence-electron chi connectivity index (χ3n) is 1.38. The summed E-state index contributed by atoms with van der Waals surface area (Å²) in [6.45, 7) is 6.54. The Labute approximate surface area is 67.4 Å². The molecule has 11 heavy (non-hydrogen) atoms. The van der Waals surface area contributed by atoms with Gasteiger partial charge in [0.05, 0.1) is 6.10 Å². The quantitative estimate of drug-likeness (QED) is 0.629. The second-order valence-corrected chi connectivity index (χ2v) is 3.18. The summed E-state index contributed by atoms with van der Waals surface area (Å²) in [5.74, 6) is -0.563. The van der Waals surface area contributed by atoms with Crippen molar-refractivity contribution in [2.75, 3.05) is 0 Å². The molecule has 0 spiro atoms. The van der Waals surface area contributed by atoms with Gasteiger partial charge in [0.1, 0.15) is 0 Å². The van der Waals surface area contributed by atoms with Crippen LogP contribution in [0.25, 0.3) is 0 Å². The average Bonchev–Trinajstić information content (AvgIpc) is 1.85. The molecule has 0 rings (SSSR count). The van der Waals surface area contributed by atoms with E-state index in [4.69, 9.17) is 9.84 Å². The topological polar surface area (TPSA) is 46.5 Å². The molecule has 3 heteroatoms. The number of carbonyl (C=O) groups is 1. The molecule has 1 atom stereocenters. The van der Waals surface area contributed by atoms with Crippen LogP contribution in [0, 0.1) is 0 Å². The molecule has 1 N–H and O–H groups in total. The molecular formula is C8H16O3. The number of hydrogen-bond donors (Lipinski definition) is 1. The van der Waals surface area contributed by atoms with Crippen LogP contribution in [0.3, 0.4) is 0 Å². The molecule has 0 aromatic rings. The predicted molar refractivity (Wildman–Crippen MR) is 42.1 cm³/mol. The Bertz CT molecular complexity index is 135. The second-order valence-electron chi connectivity index (χ2n) is 3.18. The Morgan fingerprint density at radius 2 is 2.09 bits per heavy atom. The van der Waals surface area contributed by atoms with Gasteiger partial charge in [-0.05, 0) is 27.2 Å². The highest BCUT2D eigenvalue weighted by Gasteiger charge is 2.26. The van der Waals surface area contributed by atoms with E-state index in [2.05, 4.69) is 0 Å². The van der Waals surface area contributed by atoms with Gasteiger partial charge >= 0.3 is 5.97 Å². The second kappa shape index (κ2) is 3.72. The SMILES string of the molecule is CCC(C)OC(=O)C(C)(C)O. The monoisotopic (exact) mass is 160 g/mol. The first-order valence-corrected chi connectivity index (χ1v) is 3.81. The molecule has 0 heterocycles. The number of rotatable bonds is 3. The van der Waals surface area contributed by atoms with E-state index in [1.54, 1.807) is 6.92 Å². The molecular weight excluding hydrogens is 144 g/mol. The third kappa shape index (κ3) is 3.98. The Morgan fingerprint density at radius 1 is 1.64 bits per heavy atom. The highest BCUT2D eigenvalue weighted by molar-refractivity contribution is 5.78. The Kier molecular flexibility index (Phi) is 3.52. The summed E-state index contributed by atoms with van der Waals surface area (Å²) in [5.41, 5.74) is -1.37. The molecule has 0 saturated heterocycles. The minimum Gasteiger partial charge on any atom is -0.461 e. The molecule has 0 aromatic heterocycles. The molecule has 3 nitrogen and oxygen atoms in total. The van der Waals surface area contributed by atoms with Gasteiger partial charge in [-0.25, -0.2) is 4.79 Å². The zero-order valence-corrected chi connectivity index (χ0v) is 7.55. The Balaban J connectivity index is 3.88. The molecule has 0 aliphatic rings. The fourth-order valence-electron chi connectivity index (χ4n) is 0.410. The lowest BCUT2D eigenvalue weighted by atomic mass is 10.1. The van der Waals surface area contributed by atoms with Crippen molar-refractivity contribution < 1.29 is 14.6 Å². The predicted octanol–water partition coefficient (Wildman–Crippen LogP) is 1.10. The largest absolute Gasteiger partial charge is 0.461 e. The van der Waals surface area contributed by atoms with E-state index in [-0.39, 0.29) is 6.10 Å². The lowest BCUT2D eigenvalue weighted by Crippen LogP contribution is -2.35. The van der Waals surface area contributed by atoms with Crippen molar-refractivity contribution in [1.82, 2.24) is 0 Å². The lowest BCUT2D eigenvalue weighted by Gasteiger charge is -2.18. The number of hydrogen-bond acceptors (Lipinski definition) is 3. The fraction of sp³-hybridized carbons (Fsp3) is 0.875. The van der Waals surface area contributed by atoms with Crippen molar-refractivity contribution >= 4 is 5.97 Å². The Morgan fingerprint density at radius 3 is 2.36 bits per heavy atom. The summed E-state index contributed by atoms with van der Waals surface area (Å²) in [5, 5.41) is 9.16. The molecule has 66 valence electrons. The van der Waals surface area contributed by atoms with Gasteiger partial charge in [-0.2, -0.15) is 0 Å². The zero-order chi connectivity index (χ0) is 9.07. The first-order chi connectivity index (χ1) is 4.88. The van der Waals surface area contributed by atoms with Crippen molar-refractivity contribution in [3.8, 4) is 0 Å². The van der Waals surface area contributed by atoms with Crippen LogP contribution in [0.5, 0.6) is 0 Å². The van der Waals surface area contributed by atoms with Crippen LogP contribution in [0.1, 0.15) is 34.1 Å². The van der Waals surface area contributed by atoms with Gasteiger partial charge in [-0.3, -0.25) is 0 Å². The number of carbonyl (C=O) groups excluding carboxylic acids is 1. The molecule has 0 aliphatic heterocycles. The van der Waals surface area contributed by atoms with E-state index in [1.807, 2.05) is 6.92 Å². The van der Waals surface area contributed by atoms with Gasteiger partial charge in [-0.1, -0.05) is 6.92 Å². The van der Waals surface area contributed by atoms with Gasteiger partial charge in [0.15, 0.2) is 5.60 Å². The minimum absolute atomic E-state index is 0.117.